The number of aromatic nitrogens is 3. The van der Waals surface area contributed by atoms with Crippen LogP contribution in [0.4, 0.5) is 14.6 Å². The Hall–Kier alpha value is -3.49. The van der Waals surface area contributed by atoms with E-state index in [1.54, 1.807) is 11.1 Å². The zero-order valence-electron chi connectivity index (χ0n) is 16.3. The molecule has 1 amide bonds. The van der Waals surface area contributed by atoms with Gasteiger partial charge in [0, 0.05) is 25.7 Å². The van der Waals surface area contributed by atoms with Crippen LogP contribution in [0, 0.1) is 11.6 Å². The molecule has 7 nitrogen and oxygen atoms in total. The van der Waals surface area contributed by atoms with Crippen LogP contribution in [-0.2, 0) is 19.5 Å². The molecule has 2 aromatic heterocycles. The number of hydrogen-bond donors (Lipinski definition) is 1. The Morgan fingerprint density at radius 1 is 1.23 bits per heavy atom. The van der Waals surface area contributed by atoms with Crippen molar-refractivity contribution in [2.75, 3.05) is 25.5 Å². The SMILES string of the molecule is COc1nc2c(cc1C(=O)N1CCn3c(cnc3-c3ccc(F)cc3F)C1)CCN2. The molecule has 0 radical (unpaired) electrons. The van der Waals surface area contributed by atoms with Gasteiger partial charge >= 0.3 is 0 Å². The number of imidazole rings is 1. The smallest absolute Gasteiger partial charge is 0.259 e. The van der Waals surface area contributed by atoms with Crippen molar-refractivity contribution in [3.05, 3.63) is 58.9 Å². The average Bonchev–Trinajstić information content (AvgIpc) is 3.38. The summed E-state index contributed by atoms with van der Waals surface area (Å²) in [6.07, 6.45) is 2.44. The number of methoxy groups -OCH3 is 1. The summed E-state index contributed by atoms with van der Waals surface area (Å²) >= 11 is 0. The Morgan fingerprint density at radius 2 is 2.10 bits per heavy atom. The van der Waals surface area contributed by atoms with Gasteiger partial charge in [0.25, 0.3) is 5.91 Å². The largest absolute Gasteiger partial charge is 0.480 e. The van der Waals surface area contributed by atoms with Crippen molar-refractivity contribution in [2.24, 2.45) is 0 Å². The minimum absolute atomic E-state index is 0.170. The van der Waals surface area contributed by atoms with Crippen molar-refractivity contribution < 1.29 is 18.3 Å². The van der Waals surface area contributed by atoms with Gasteiger partial charge in [-0.1, -0.05) is 0 Å². The number of ether oxygens (including phenoxy) is 1. The molecule has 0 aliphatic carbocycles. The molecule has 1 aromatic carbocycles. The van der Waals surface area contributed by atoms with Gasteiger partial charge in [-0.3, -0.25) is 4.79 Å². The monoisotopic (exact) mass is 411 g/mol. The summed E-state index contributed by atoms with van der Waals surface area (Å²) in [5, 5.41) is 3.18. The fourth-order valence-corrected chi connectivity index (χ4v) is 4.02. The second kappa shape index (κ2) is 7.08. The lowest BCUT2D eigenvalue weighted by Gasteiger charge is -2.29. The summed E-state index contributed by atoms with van der Waals surface area (Å²) in [5.74, 6) is 0.0101. The lowest BCUT2D eigenvalue weighted by Crippen LogP contribution is -2.38. The maximum Gasteiger partial charge on any atom is 0.259 e. The van der Waals surface area contributed by atoms with Crippen molar-refractivity contribution >= 4 is 11.7 Å². The molecule has 2 aliphatic heterocycles. The zero-order valence-corrected chi connectivity index (χ0v) is 16.3. The number of fused-ring (bicyclic) bond motifs is 2. The number of hydrogen-bond acceptors (Lipinski definition) is 5. The highest BCUT2D eigenvalue weighted by Crippen LogP contribution is 2.30. The molecule has 3 aromatic rings. The summed E-state index contributed by atoms with van der Waals surface area (Å²) < 4.78 is 34.7. The highest BCUT2D eigenvalue weighted by Gasteiger charge is 2.29. The van der Waals surface area contributed by atoms with Crippen LogP contribution in [0.15, 0.2) is 30.5 Å². The predicted molar refractivity (Wildman–Crippen MR) is 105 cm³/mol. The van der Waals surface area contributed by atoms with Gasteiger partial charge in [-0.15, -0.1) is 0 Å². The lowest BCUT2D eigenvalue weighted by molar-refractivity contribution is 0.0707. The minimum Gasteiger partial charge on any atom is -0.480 e. The molecule has 0 saturated heterocycles. The Morgan fingerprint density at radius 3 is 2.90 bits per heavy atom. The highest BCUT2D eigenvalue weighted by molar-refractivity contribution is 5.97. The number of anilines is 1. The van der Waals surface area contributed by atoms with Crippen LogP contribution in [0.1, 0.15) is 21.6 Å². The third kappa shape index (κ3) is 2.97. The Labute approximate surface area is 171 Å². The van der Waals surface area contributed by atoms with E-state index in [4.69, 9.17) is 4.74 Å². The van der Waals surface area contributed by atoms with E-state index in [0.29, 0.717) is 36.9 Å². The Balaban J connectivity index is 1.43. The maximum absolute atomic E-state index is 14.2. The van der Waals surface area contributed by atoms with Gasteiger partial charge in [0.1, 0.15) is 28.8 Å². The average molecular weight is 411 g/mol. The number of carbonyl (C=O) groups is 1. The summed E-state index contributed by atoms with van der Waals surface area (Å²) in [6.45, 7) is 1.99. The molecular formula is C21H19F2N5O2. The third-order valence-corrected chi connectivity index (χ3v) is 5.52. The van der Waals surface area contributed by atoms with Gasteiger partial charge in [-0.2, -0.15) is 4.98 Å². The van der Waals surface area contributed by atoms with E-state index in [1.165, 1.54) is 19.2 Å². The molecule has 30 heavy (non-hydrogen) atoms. The first-order valence-electron chi connectivity index (χ1n) is 9.66. The molecule has 0 atom stereocenters. The third-order valence-electron chi connectivity index (χ3n) is 5.52. The normalized spacial score (nSPS) is 14.8. The van der Waals surface area contributed by atoms with Gasteiger partial charge in [-0.05, 0) is 30.2 Å². The molecule has 4 heterocycles. The first-order valence-corrected chi connectivity index (χ1v) is 9.66. The van der Waals surface area contributed by atoms with Crippen molar-refractivity contribution in [2.45, 2.75) is 19.5 Å². The fourth-order valence-electron chi connectivity index (χ4n) is 4.02. The molecular weight excluding hydrogens is 392 g/mol. The number of nitrogens with zero attached hydrogens (tertiary/aromatic N) is 4. The van der Waals surface area contributed by atoms with Gasteiger partial charge in [0.15, 0.2) is 0 Å². The van der Waals surface area contributed by atoms with E-state index in [1.807, 2.05) is 10.6 Å². The van der Waals surface area contributed by atoms with Gasteiger partial charge in [0.05, 0.1) is 31.1 Å². The topological polar surface area (TPSA) is 72.3 Å². The number of amides is 1. The minimum atomic E-state index is -0.663. The summed E-state index contributed by atoms with van der Waals surface area (Å²) in [7, 11) is 1.50. The fraction of sp³-hybridized carbons (Fsp3) is 0.286. The number of rotatable bonds is 3. The number of nitrogens with one attached hydrogen (secondary N) is 1. The van der Waals surface area contributed by atoms with Gasteiger partial charge in [0.2, 0.25) is 5.88 Å². The highest BCUT2D eigenvalue weighted by atomic mass is 19.1. The molecule has 0 unspecified atom stereocenters. The van der Waals surface area contributed by atoms with Crippen LogP contribution in [-0.4, -0.2) is 45.5 Å². The second-order valence-electron chi connectivity index (χ2n) is 7.31. The van der Waals surface area contributed by atoms with Crippen molar-refractivity contribution in [1.29, 1.82) is 0 Å². The Bertz CT molecular complexity index is 1160. The lowest BCUT2D eigenvalue weighted by atomic mass is 10.1. The van der Waals surface area contributed by atoms with E-state index < -0.39 is 11.6 Å². The Kier molecular flexibility index (Phi) is 4.38. The molecule has 0 fully saturated rings. The van der Waals surface area contributed by atoms with E-state index in [-0.39, 0.29) is 11.5 Å². The summed E-state index contributed by atoms with van der Waals surface area (Å²) in [6, 6.07) is 5.28. The second-order valence-corrected chi connectivity index (χ2v) is 7.31. The quantitative estimate of drug-likeness (QED) is 0.718. The summed E-state index contributed by atoms with van der Waals surface area (Å²) in [4.78, 5) is 23.7. The predicted octanol–water partition coefficient (Wildman–Crippen LogP) is 2.86. The van der Waals surface area contributed by atoms with E-state index in [0.717, 1.165) is 36.1 Å². The molecule has 5 rings (SSSR count). The van der Waals surface area contributed by atoms with Crippen LogP contribution in [0.3, 0.4) is 0 Å². The van der Waals surface area contributed by atoms with Crippen LogP contribution in [0.5, 0.6) is 5.88 Å². The molecule has 2 aliphatic rings. The summed E-state index contributed by atoms with van der Waals surface area (Å²) in [5.41, 5.74) is 2.44. The van der Waals surface area contributed by atoms with E-state index in [2.05, 4.69) is 15.3 Å². The zero-order chi connectivity index (χ0) is 20.8. The van der Waals surface area contributed by atoms with Crippen molar-refractivity contribution in [3.63, 3.8) is 0 Å². The number of carbonyl (C=O) groups excluding carboxylic acids is 1. The molecule has 0 saturated carbocycles. The first-order chi connectivity index (χ1) is 14.5. The first kappa shape index (κ1) is 18.5. The van der Waals surface area contributed by atoms with Crippen LogP contribution >= 0.6 is 0 Å². The molecule has 9 heteroatoms. The van der Waals surface area contributed by atoms with Crippen molar-refractivity contribution in [3.8, 4) is 17.3 Å². The van der Waals surface area contributed by atoms with Gasteiger partial charge < -0.3 is 19.5 Å². The van der Waals surface area contributed by atoms with E-state index in [9.17, 15) is 13.6 Å². The van der Waals surface area contributed by atoms with Crippen LogP contribution in [0.25, 0.3) is 11.4 Å². The standard InChI is InChI=1S/C21H19F2N5O2/c1-30-20-16(8-12-4-5-24-18(12)26-20)21(29)27-6-7-28-14(11-27)10-25-19(28)15-3-2-13(22)9-17(15)23/h2-3,8-10H,4-7,11H2,1H3,(H,24,26). The van der Waals surface area contributed by atoms with Crippen molar-refractivity contribution in [1.82, 2.24) is 19.4 Å². The molecule has 0 spiro atoms. The number of pyridine rings is 1. The number of benzene rings is 1. The maximum atomic E-state index is 14.2. The molecule has 1 N–H and O–H groups in total. The molecule has 0 bridgehead atoms. The van der Waals surface area contributed by atoms with Crippen LogP contribution < -0.4 is 10.1 Å². The molecule has 154 valence electrons. The van der Waals surface area contributed by atoms with Gasteiger partial charge in [-0.25, -0.2) is 13.8 Å². The van der Waals surface area contributed by atoms with Crippen LogP contribution in [0.2, 0.25) is 0 Å². The van der Waals surface area contributed by atoms with E-state index >= 15 is 0 Å². The number of halogens is 2.